The number of aliphatic hydroxyl groups excluding tert-OH is 1. The van der Waals surface area contributed by atoms with Crippen LogP contribution in [0.1, 0.15) is 83.1 Å². The van der Waals surface area contributed by atoms with Gasteiger partial charge >= 0.3 is 0 Å². The van der Waals surface area contributed by atoms with E-state index in [1.54, 1.807) is 24.3 Å². The van der Waals surface area contributed by atoms with Crippen LogP contribution in [0.15, 0.2) is 24.3 Å². The van der Waals surface area contributed by atoms with Crippen LogP contribution >= 0.6 is 11.6 Å². The van der Waals surface area contributed by atoms with Crippen LogP contribution in [0.2, 0.25) is 5.02 Å². The summed E-state index contributed by atoms with van der Waals surface area (Å²) in [5.41, 5.74) is 0.424. The molecule has 1 aliphatic rings. The van der Waals surface area contributed by atoms with Gasteiger partial charge in [0.05, 0.1) is 11.1 Å². The first-order valence-corrected chi connectivity index (χ1v) is 10.7. The first-order chi connectivity index (χ1) is 13.1. The number of hydrogen-bond acceptors (Lipinski definition) is 2. The van der Waals surface area contributed by atoms with Crippen molar-refractivity contribution >= 4 is 24.0 Å². The molecule has 1 atom stereocenters. The van der Waals surface area contributed by atoms with E-state index < -0.39 is 11.9 Å². The van der Waals surface area contributed by atoms with Gasteiger partial charge in [-0.05, 0) is 31.2 Å². The first-order valence-electron chi connectivity index (χ1n) is 10.3. The van der Waals surface area contributed by atoms with E-state index in [0.29, 0.717) is 5.56 Å². The molecule has 0 aliphatic heterocycles. The Kier molecular flexibility index (Phi) is 13.1. The number of carbonyl (C=O) groups is 1. The normalized spacial score (nSPS) is 15.6. The summed E-state index contributed by atoms with van der Waals surface area (Å²) in [5, 5.41) is 10.0. The van der Waals surface area contributed by atoms with E-state index in [-0.39, 0.29) is 5.02 Å². The molecule has 1 aromatic carbocycles. The lowest BCUT2D eigenvalue weighted by Gasteiger charge is -2.10. The number of aldehydes is 1. The van der Waals surface area contributed by atoms with Gasteiger partial charge in [-0.25, -0.2) is 4.39 Å². The van der Waals surface area contributed by atoms with Crippen molar-refractivity contribution in [2.75, 3.05) is 0 Å². The lowest BCUT2D eigenvalue weighted by molar-refractivity contribution is -0.107. The molecule has 1 unspecified atom stereocenters. The molecule has 0 radical (unpaired) electrons. The average Bonchev–Trinajstić information content (AvgIpc) is 3.19. The Morgan fingerprint density at radius 1 is 1.26 bits per heavy atom. The Hall–Kier alpha value is -1.19. The summed E-state index contributed by atoms with van der Waals surface area (Å²) >= 11 is 5.71. The smallest absolute Gasteiger partial charge is 0.148 e. The molecular weight excluding hydrogens is 363 g/mol. The average molecular weight is 397 g/mol. The highest BCUT2D eigenvalue weighted by molar-refractivity contribution is 6.30. The Balaban J connectivity index is 0.000000387. The zero-order valence-corrected chi connectivity index (χ0v) is 17.3. The van der Waals surface area contributed by atoms with E-state index >= 15 is 0 Å². The van der Waals surface area contributed by atoms with Crippen LogP contribution in [0.5, 0.6) is 0 Å². The molecule has 0 spiro atoms. The Labute approximate surface area is 168 Å². The second kappa shape index (κ2) is 14.8. The fraction of sp³-hybridized carbons (Fsp3) is 0.609. The van der Waals surface area contributed by atoms with E-state index in [4.69, 9.17) is 11.6 Å². The van der Waals surface area contributed by atoms with Crippen molar-refractivity contribution < 1.29 is 14.3 Å². The SMILES string of the molecule is CCCCCCC=O.OC(/C=C/c1cccc(Cl)c1F)CCC1CCCC1. The van der Waals surface area contributed by atoms with Gasteiger partial charge in [0.2, 0.25) is 0 Å². The van der Waals surface area contributed by atoms with Crippen molar-refractivity contribution in [2.24, 2.45) is 5.92 Å². The third-order valence-corrected chi connectivity index (χ3v) is 5.29. The van der Waals surface area contributed by atoms with Gasteiger partial charge in [0.25, 0.3) is 0 Å². The molecule has 0 saturated heterocycles. The summed E-state index contributed by atoms with van der Waals surface area (Å²) in [4.78, 5) is 9.77. The lowest BCUT2D eigenvalue weighted by atomic mass is 9.99. The zero-order valence-electron chi connectivity index (χ0n) is 16.5. The maximum Gasteiger partial charge on any atom is 0.148 e. The molecule has 2 nitrogen and oxygen atoms in total. The number of rotatable bonds is 10. The quantitative estimate of drug-likeness (QED) is 0.342. The van der Waals surface area contributed by atoms with Crippen molar-refractivity contribution in [3.05, 3.63) is 40.7 Å². The summed E-state index contributed by atoms with van der Waals surface area (Å²) in [7, 11) is 0. The van der Waals surface area contributed by atoms with E-state index in [1.165, 1.54) is 51.0 Å². The molecule has 0 aromatic heterocycles. The summed E-state index contributed by atoms with van der Waals surface area (Å²) in [5.74, 6) is 0.342. The van der Waals surface area contributed by atoms with E-state index in [9.17, 15) is 14.3 Å². The number of hydrogen-bond donors (Lipinski definition) is 1. The molecule has 4 heteroatoms. The van der Waals surface area contributed by atoms with Crippen LogP contribution in [0.4, 0.5) is 4.39 Å². The molecule has 0 bridgehead atoms. The second-order valence-electron chi connectivity index (χ2n) is 7.31. The summed E-state index contributed by atoms with van der Waals surface area (Å²) < 4.78 is 13.6. The van der Waals surface area contributed by atoms with Gasteiger partial charge in [0, 0.05) is 12.0 Å². The molecule has 1 saturated carbocycles. The Morgan fingerprint density at radius 3 is 2.67 bits per heavy atom. The predicted molar refractivity (Wildman–Crippen MR) is 112 cm³/mol. The van der Waals surface area contributed by atoms with E-state index in [0.717, 1.165) is 37.9 Å². The molecule has 1 fully saturated rings. The Bertz CT molecular complexity index is 553. The van der Waals surface area contributed by atoms with Crippen molar-refractivity contribution in [1.29, 1.82) is 0 Å². The Morgan fingerprint density at radius 2 is 2.00 bits per heavy atom. The molecule has 0 heterocycles. The maximum absolute atomic E-state index is 13.6. The van der Waals surface area contributed by atoms with Gasteiger partial charge in [0.15, 0.2) is 0 Å². The number of halogens is 2. The molecule has 1 N–H and O–H groups in total. The van der Waals surface area contributed by atoms with Crippen LogP contribution in [-0.2, 0) is 4.79 Å². The maximum atomic E-state index is 13.6. The molecule has 152 valence electrons. The van der Waals surface area contributed by atoms with Gasteiger partial charge in [-0.3, -0.25) is 0 Å². The van der Waals surface area contributed by atoms with Crippen LogP contribution in [0, 0.1) is 11.7 Å². The minimum Gasteiger partial charge on any atom is -0.389 e. The van der Waals surface area contributed by atoms with Crippen molar-refractivity contribution in [1.82, 2.24) is 0 Å². The summed E-state index contributed by atoms with van der Waals surface area (Å²) in [6, 6.07) is 4.88. The fourth-order valence-electron chi connectivity index (χ4n) is 3.32. The zero-order chi connectivity index (χ0) is 19.9. The highest BCUT2D eigenvalue weighted by Crippen LogP contribution is 2.29. The monoisotopic (exact) mass is 396 g/mol. The lowest BCUT2D eigenvalue weighted by Crippen LogP contribution is -2.05. The van der Waals surface area contributed by atoms with Crippen LogP contribution < -0.4 is 0 Å². The van der Waals surface area contributed by atoms with Gasteiger partial charge in [-0.15, -0.1) is 0 Å². The molecule has 2 rings (SSSR count). The summed E-state index contributed by atoms with van der Waals surface area (Å²) in [6.45, 7) is 2.17. The molecular formula is C23H34ClFO2. The second-order valence-corrected chi connectivity index (χ2v) is 7.72. The minimum absolute atomic E-state index is 0.114. The topological polar surface area (TPSA) is 37.3 Å². The fourth-order valence-corrected chi connectivity index (χ4v) is 3.50. The first kappa shape index (κ1) is 23.8. The van der Waals surface area contributed by atoms with Gasteiger partial charge < -0.3 is 9.90 Å². The molecule has 27 heavy (non-hydrogen) atoms. The van der Waals surface area contributed by atoms with Crippen LogP contribution in [0.25, 0.3) is 6.08 Å². The van der Waals surface area contributed by atoms with Gasteiger partial charge in [0.1, 0.15) is 12.1 Å². The van der Waals surface area contributed by atoms with Gasteiger partial charge in [-0.2, -0.15) is 0 Å². The van der Waals surface area contributed by atoms with E-state index in [2.05, 4.69) is 6.92 Å². The number of benzene rings is 1. The van der Waals surface area contributed by atoms with E-state index in [1.807, 2.05) is 0 Å². The van der Waals surface area contributed by atoms with Crippen LogP contribution in [-0.4, -0.2) is 17.5 Å². The third-order valence-electron chi connectivity index (χ3n) is 5.00. The largest absolute Gasteiger partial charge is 0.389 e. The summed E-state index contributed by atoms with van der Waals surface area (Å²) in [6.07, 6.45) is 16.4. The number of carbonyl (C=O) groups excluding carboxylic acids is 1. The minimum atomic E-state index is -0.501. The third kappa shape index (κ3) is 10.7. The standard InChI is InChI=1S/C16H20ClFO.C7H14O/c17-15-7-3-6-13(16(15)18)9-11-14(19)10-8-12-4-1-2-5-12;1-2-3-4-5-6-7-8/h3,6-7,9,11-12,14,19H,1-2,4-5,8,10H2;7H,2-6H2,1H3/b11-9+;. The van der Waals surface area contributed by atoms with Gasteiger partial charge in [-0.1, -0.05) is 87.8 Å². The number of unbranched alkanes of at least 4 members (excludes halogenated alkanes) is 4. The number of aliphatic hydroxyl groups is 1. The highest BCUT2D eigenvalue weighted by Gasteiger charge is 2.15. The van der Waals surface area contributed by atoms with Crippen LogP contribution in [0.3, 0.4) is 0 Å². The highest BCUT2D eigenvalue weighted by atomic mass is 35.5. The molecule has 0 amide bonds. The van der Waals surface area contributed by atoms with Crippen molar-refractivity contribution in [3.63, 3.8) is 0 Å². The van der Waals surface area contributed by atoms with Crippen molar-refractivity contribution in [2.45, 2.75) is 83.7 Å². The predicted octanol–water partition coefficient (Wildman–Crippen LogP) is 6.98. The molecule has 1 aliphatic carbocycles. The van der Waals surface area contributed by atoms with Crippen molar-refractivity contribution in [3.8, 4) is 0 Å². The molecule has 1 aromatic rings.